The standard InChI is InChI=1S/C14H19FN2S/c1-2-3-8-17(10-4-5-10)11-6-7-12(14(16)18)13(15)9-11/h6-7,9-10H,2-5,8H2,1H3,(H2,16,18). The SMILES string of the molecule is CCCCN(c1ccc(C(N)=S)c(F)c1)C1CC1. The molecule has 1 saturated carbocycles. The monoisotopic (exact) mass is 266 g/mol. The third-order valence-electron chi connectivity index (χ3n) is 3.29. The van der Waals surface area contributed by atoms with E-state index in [0.29, 0.717) is 11.6 Å². The second-order valence-corrected chi connectivity index (χ2v) is 5.25. The van der Waals surface area contributed by atoms with Crippen molar-refractivity contribution < 1.29 is 4.39 Å². The molecule has 4 heteroatoms. The molecule has 1 fully saturated rings. The molecule has 1 aromatic carbocycles. The maximum atomic E-state index is 13.9. The Balaban J connectivity index is 2.19. The van der Waals surface area contributed by atoms with Crippen LogP contribution >= 0.6 is 12.2 Å². The number of benzene rings is 1. The largest absolute Gasteiger partial charge is 0.389 e. The first-order chi connectivity index (χ1) is 8.63. The van der Waals surface area contributed by atoms with E-state index in [4.69, 9.17) is 18.0 Å². The topological polar surface area (TPSA) is 29.3 Å². The fraction of sp³-hybridized carbons (Fsp3) is 0.500. The predicted octanol–water partition coefficient (Wildman–Crippen LogP) is 3.23. The highest BCUT2D eigenvalue weighted by atomic mass is 32.1. The minimum absolute atomic E-state index is 0.116. The zero-order valence-corrected chi connectivity index (χ0v) is 11.5. The van der Waals surface area contributed by atoms with Crippen LogP contribution in [-0.4, -0.2) is 17.6 Å². The van der Waals surface area contributed by atoms with Crippen molar-refractivity contribution in [3.8, 4) is 0 Å². The van der Waals surface area contributed by atoms with Gasteiger partial charge in [-0.15, -0.1) is 0 Å². The normalized spacial score (nSPS) is 14.6. The van der Waals surface area contributed by atoms with Crippen molar-refractivity contribution in [2.75, 3.05) is 11.4 Å². The molecule has 1 aromatic rings. The zero-order valence-electron chi connectivity index (χ0n) is 10.7. The first kappa shape index (κ1) is 13.3. The summed E-state index contributed by atoms with van der Waals surface area (Å²) in [6.45, 7) is 3.16. The third kappa shape index (κ3) is 2.99. The maximum absolute atomic E-state index is 13.9. The van der Waals surface area contributed by atoms with Gasteiger partial charge in [-0.05, 0) is 37.5 Å². The first-order valence-corrected chi connectivity index (χ1v) is 6.90. The van der Waals surface area contributed by atoms with E-state index in [0.717, 1.165) is 25.1 Å². The molecule has 1 aliphatic rings. The molecule has 0 aromatic heterocycles. The van der Waals surface area contributed by atoms with E-state index >= 15 is 0 Å². The van der Waals surface area contributed by atoms with Crippen LogP contribution in [-0.2, 0) is 0 Å². The number of nitrogens with two attached hydrogens (primary N) is 1. The molecule has 2 N–H and O–H groups in total. The second-order valence-electron chi connectivity index (χ2n) is 4.81. The highest BCUT2D eigenvalue weighted by Gasteiger charge is 2.29. The van der Waals surface area contributed by atoms with Gasteiger partial charge in [-0.25, -0.2) is 4.39 Å². The number of rotatable bonds is 6. The number of hydrogen-bond donors (Lipinski definition) is 1. The zero-order chi connectivity index (χ0) is 13.1. The Bertz CT molecular complexity index is 443. The van der Waals surface area contributed by atoms with Crippen LogP contribution in [0.1, 0.15) is 38.2 Å². The quantitative estimate of drug-likeness (QED) is 0.802. The van der Waals surface area contributed by atoms with Gasteiger partial charge in [0.1, 0.15) is 10.8 Å². The number of hydrogen-bond acceptors (Lipinski definition) is 2. The van der Waals surface area contributed by atoms with E-state index < -0.39 is 0 Å². The van der Waals surface area contributed by atoms with Crippen LogP contribution in [0.3, 0.4) is 0 Å². The van der Waals surface area contributed by atoms with Gasteiger partial charge < -0.3 is 10.6 Å². The molecule has 0 amide bonds. The van der Waals surface area contributed by atoms with Gasteiger partial charge in [-0.2, -0.15) is 0 Å². The molecule has 2 rings (SSSR count). The van der Waals surface area contributed by atoms with Gasteiger partial charge in [0.05, 0.1) is 0 Å². The van der Waals surface area contributed by atoms with Crippen molar-refractivity contribution >= 4 is 22.9 Å². The summed E-state index contributed by atoms with van der Waals surface area (Å²) in [5.74, 6) is -0.317. The lowest BCUT2D eigenvalue weighted by Crippen LogP contribution is -2.27. The molecule has 0 saturated heterocycles. The number of unbranched alkanes of at least 4 members (excludes halogenated alkanes) is 1. The van der Waals surface area contributed by atoms with Crippen LogP contribution in [0.15, 0.2) is 18.2 Å². The Morgan fingerprint density at radius 3 is 2.72 bits per heavy atom. The summed E-state index contributed by atoms with van der Waals surface area (Å²) >= 11 is 4.82. The van der Waals surface area contributed by atoms with E-state index in [-0.39, 0.29) is 10.8 Å². The van der Waals surface area contributed by atoms with Crippen LogP contribution in [0, 0.1) is 5.82 Å². The smallest absolute Gasteiger partial charge is 0.135 e. The lowest BCUT2D eigenvalue weighted by molar-refractivity contribution is 0.622. The lowest BCUT2D eigenvalue weighted by atomic mass is 10.1. The molecule has 98 valence electrons. The Morgan fingerprint density at radius 2 is 2.22 bits per heavy atom. The average molecular weight is 266 g/mol. The Hall–Kier alpha value is -1.16. The van der Waals surface area contributed by atoms with Gasteiger partial charge in [0, 0.05) is 23.8 Å². The molecule has 0 aliphatic heterocycles. The molecule has 18 heavy (non-hydrogen) atoms. The predicted molar refractivity (Wildman–Crippen MR) is 77.6 cm³/mol. The van der Waals surface area contributed by atoms with Crippen molar-refractivity contribution in [2.45, 2.75) is 38.6 Å². The van der Waals surface area contributed by atoms with Crippen molar-refractivity contribution in [3.63, 3.8) is 0 Å². The molecule has 0 radical (unpaired) electrons. The molecule has 2 nitrogen and oxygen atoms in total. The third-order valence-corrected chi connectivity index (χ3v) is 3.51. The molecule has 0 bridgehead atoms. The average Bonchev–Trinajstić information content (AvgIpc) is 3.13. The van der Waals surface area contributed by atoms with Crippen LogP contribution in [0.25, 0.3) is 0 Å². The molecule has 0 unspecified atom stereocenters. The van der Waals surface area contributed by atoms with Crippen LogP contribution in [0.4, 0.5) is 10.1 Å². The highest BCUT2D eigenvalue weighted by molar-refractivity contribution is 7.80. The Labute approximate surface area is 113 Å². The minimum Gasteiger partial charge on any atom is -0.389 e. The van der Waals surface area contributed by atoms with E-state index in [9.17, 15) is 4.39 Å². The first-order valence-electron chi connectivity index (χ1n) is 6.49. The van der Waals surface area contributed by atoms with Gasteiger partial charge in [-0.3, -0.25) is 0 Å². The van der Waals surface area contributed by atoms with E-state index in [2.05, 4.69) is 11.8 Å². The summed E-state index contributed by atoms with van der Waals surface area (Å²) < 4.78 is 13.9. The van der Waals surface area contributed by atoms with Crippen molar-refractivity contribution in [1.82, 2.24) is 0 Å². The van der Waals surface area contributed by atoms with Crippen LogP contribution in [0.5, 0.6) is 0 Å². The van der Waals surface area contributed by atoms with Crippen LogP contribution in [0.2, 0.25) is 0 Å². The lowest BCUT2D eigenvalue weighted by Gasteiger charge is -2.25. The van der Waals surface area contributed by atoms with Gasteiger partial charge >= 0.3 is 0 Å². The molecular formula is C14H19FN2S. The number of thiocarbonyl (C=S) groups is 1. The second kappa shape index (κ2) is 5.65. The summed E-state index contributed by atoms with van der Waals surface area (Å²) in [6.07, 6.45) is 4.70. The summed E-state index contributed by atoms with van der Waals surface area (Å²) in [5.41, 5.74) is 6.75. The fourth-order valence-electron chi connectivity index (χ4n) is 2.12. The van der Waals surface area contributed by atoms with Crippen LogP contribution < -0.4 is 10.6 Å². The molecule has 1 aliphatic carbocycles. The summed E-state index contributed by atoms with van der Waals surface area (Å²) in [5, 5.41) is 0. The van der Waals surface area contributed by atoms with Crippen molar-refractivity contribution in [1.29, 1.82) is 0 Å². The minimum atomic E-state index is -0.317. The summed E-state index contributed by atoms with van der Waals surface area (Å²) in [6, 6.07) is 5.76. The van der Waals surface area contributed by atoms with E-state index in [1.807, 2.05) is 6.07 Å². The maximum Gasteiger partial charge on any atom is 0.135 e. The molecule has 0 spiro atoms. The summed E-state index contributed by atoms with van der Waals surface area (Å²) in [7, 11) is 0. The van der Waals surface area contributed by atoms with Gasteiger partial charge in [0.25, 0.3) is 0 Å². The van der Waals surface area contributed by atoms with Gasteiger partial charge in [-0.1, -0.05) is 25.6 Å². The summed E-state index contributed by atoms with van der Waals surface area (Å²) in [4.78, 5) is 2.42. The number of nitrogens with zero attached hydrogens (tertiary/aromatic N) is 1. The van der Waals surface area contributed by atoms with E-state index in [1.165, 1.54) is 12.8 Å². The number of anilines is 1. The Morgan fingerprint density at radius 1 is 1.50 bits per heavy atom. The van der Waals surface area contributed by atoms with Crippen molar-refractivity contribution in [3.05, 3.63) is 29.6 Å². The molecule has 0 heterocycles. The Kier molecular flexibility index (Phi) is 4.17. The molecule has 0 atom stereocenters. The molecular weight excluding hydrogens is 247 g/mol. The van der Waals surface area contributed by atoms with Crippen molar-refractivity contribution in [2.24, 2.45) is 5.73 Å². The van der Waals surface area contributed by atoms with E-state index in [1.54, 1.807) is 12.1 Å². The highest BCUT2D eigenvalue weighted by Crippen LogP contribution is 2.32. The van der Waals surface area contributed by atoms with Gasteiger partial charge in [0.15, 0.2) is 0 Å². The number of halogens is 1. The van der Waals surface area contributed by atoms with Gasteiger partial charge in [0.2, 0.25) is 0 Å². The fourth-order valence-corrected chi connectivity index (χ4v) is 2.29.